The molecule has 1 rings (SSSR count). The molecule has 5 heteroatoms. The fourth-order valence-corrected chi connectivity index (χ4v) is 1.34. The van der Waals surface area contributed by atoms with E-state index in [1.54, 1.807) is 0 Å². The summed E-state index contributed by atoms with van der Waals surface area (Å²) in [6.07, 6.45) is -1.57. The highest BCUT2D eigenvalue weighted by atomic mass is 35.5. The highest BCUT2D eigenvalue weighted by molar-refractivity contribution is 6.31. The lowest BCUT2D eigenvalue weighted by Crippen LogP contribution is -1.99. The lowest BCUT2D eigenvalue weighted by atomic mass is 10.1. The lowest BCUT2D eigenvalue weighted by Gasteiger charge is -2.10. The SMILES string of the molecule is COc1cc(C(F)CO)c(Cl)cc1O. The maximum absolute atomic E-state index is 13.1. The molecule has 0 aliphatic carbocycles. The summed E-state index contributed by atoms with van der Waals surface area (Å²) >= 11 is 5.67. The molecule has 0 aliphatic heterocycles. The van der Waals surface area contributed by atoms with Crippen LogP contribution in [0.2, 0.25) is 5.02 Å². The Kier molecular flexibility index (Phi) is 3.55. The zero-order valence-corrected chi connectivity index (χ0v) is 8.25. The van der Waals surface area contributed by atoms with Crippen molar-refractivity contribution in [2.45, 2.75) is 6.17 Å². The standard InChI is InChI=1S/C9H10ClFO3/c1-14-9-2-5(7(11)4-12)6(10)3-8(9)13/h2-3,7,12-13H,4H2,1H3. The van der Waals surface area contributed by atoms with Crippen LogP contribution in [0.1, 0.15) is 11.7 Å². The average Bonchev–Trinajstić information content (AvgIpc) is 2.17. The smallest absolute Gasteiger partial charge is 0.160 e. The Morgan fingerprint density at radius 2 is 2.21 bits per heavy atom. The molecular formula is C9H10ClFO3. The number of hydrogen-bond donors (Lipinski definition) is 2. The first-order valence-corrected chi connectivity index (χ1v) is 4.29. The molecule has 0 saturated heterocycles. The molecular weight excluding hydrogens is 211 g/mol. The fourth-order valence-electron chi connectivity index (χ4n) is 1.06. The van der Waals surface area contributed by atoms with Crippen LogP contribution in [0.3, 0.4) is 0 Å². The molecule has 14 heavy (non-hydrogen) atoms. The number of phenols is 1. The Morgan fingerprint density at radius 3 is 2.71 bits per heavy atom. The third kappa shape index (κ3) is 2.08. The quantitative estimate of drug-likeness (QED) is 0.820. The molecule has 1 aromatic rings. The minimum atomic E-state index is -1.57. The second-order valence-corrected chi connectivity index (χ2v) is 3.10. The molecule has 0 spiro atoms. The summed E-state index contributed by atoms with van der Waals surface area (Å²) in [4.78, 5) is 0. The number of aromatic hydroxyl groups is 1. The van der Waals surface area contributed by atoms with Gasteiger partial charge in [0.25, 0.3) is 0 Å². The van der Waals surface area contributed by atoms with Crippen LogP contribution in [0.5, 0.6) is 11.5 Å². The molecule has 0 radical (unpaired) electrons. The van der Waals surface area contributed by atoms with E-state index < -0.39 is 12.8 Å². The molecule has 0 fully saturated rings. The van der Waals surface area contributed by atoms with Gasteiger partial charge in [0.05, 0.1) is 18.7 Å². The number of hydrogen-bond acceptors (Lipinski definition) is 3. The second-order valence-electron chi connectivity index (χ2n) is 2.70. The van der Waals surface area contributed by atoms with Crippen LogP contribution in [0, 0.1) is 0 Å². The van der Waals surface area contributed by atoms with Gasteiger partial charge >= 0.3 is 0 Å². The molecule has 1 atom stereocenters. The molecule has 78 valence electrons. The van der Waals surface area contributed by atoms with E-state index in [9.17, 15) is 9.50 Å². The fraction of sp³-hybridized carbons (Fsp3) is 0.333. The molecule has 0 saturated carbocycles. The molecule has 0 aliphatic rings. The Labute approximate surface area is 85.7 Å². The van der Waals surface area contributed by atoms with Gasteiger partial charge in [-0.3, -0.25) is 0 Å². The highest BCUT2D eigenvalue weighted by Crippen LogP contribution is 2.35. The number of methoxy groups -OCH3 is 1. The molecule has 0 amide bonds. The van der Waals surface area contributed by atoms with E-state index in [0.29, 0.717) is 0 Å². The van der Waals surface area contributed by atoms with Gasteiger partial charge in [0.1, 0.15) is 6.17 Å². The third-order valence-corrected chi connectivity index (χ3v) is 2.12. The van der Waals surface area contributed by atoms with Crippen molar-refractivity contribution in [1.29, 1.82) is 0 Å². The lowest BCUT2D eigenvalue weighted by molar-refractivity contribution is 0.179. The molecule has 1 unspecified atom stereocenters. The number of benzene rings is 1. The number of ether oxygens (including phenoxy) is 1. The van der Waals surface area contributed by atoms with Crippen molar-refractivity contribution in [3.05, 3.63) is 22.7 Å². The van der Waals surface area contributed by atoms with Crippen molar-refractivity contribution in [1.82, 2.24) is 0 Å². The third-order valence-electron chi connectivity index (χ3n) is 1.80. The summed E-state index contributed by atoms with van der Waals surface area (Å²) in [5.74, 6) is -0.0353. The predicted molar refractivity (Wildman–Crippen MR) is 50.6 cm³/mol. The van der Waals surface area contributed by atoms with Crippen LogP contribution in [-0.2, 0) is 0 Å². The normalized spacial score (nSPS) is 12.6. The number of halogens is 2. The van der Waals surface area contributed by atoms with Gasteiger partial charge in [-0.05, 0) is 6.07 Å². The molecule has 0 bridgehead atoms. The van der Waals surface area contributed by atoms with Gasteiger partial charge in [0.2, 0.25) is 0 Å². The number of phenolic OH excluding ortho intramolecular Hbond substituents is 1. The van der Waals surface area contributed by atoms with E-state index in [-0.39, 0.29) is 22.1 Å². The summed E-state index contributed by atoms with van der Waals surface area (Å²) in [6.45, 7) is -0.659. The molecule has 1 aromatic carbocycles. The summed E-state index contributed by atoms with van der Waals surface area (Å²) in [5, 5.41) is 17.9. The van der Waals surface area contributed by atoms with Gasteiger partial charge in [0, 0.05) is 11.6 Å². The monoisotopic (exact) mass is 220 g/mol. The first-order valence-electron chi connectivity index (χ1n) is 3.91. The minimum absolute atomic E-state index is 0.0600. The summed E-state index contributed by atoms with van der Waals surface area (Å²) in [6, 6.07) is 2.44. The topological polar surface area (TPSA) is 49.7 Å². The number of aliphatic hydroxyl groups is 1. The van der Waals surface area contributed by atoms with Gasteiger partial charge in [-0.1, -0.05) is 11.6 Å². The van der Waals surface area contributed by atoms with Gasteiger partial charge in [-0.25, -0.2) is 4.39 Å². The van der Waals surface area contributed by atoms with Crippen LogP contribution in [0.25, 0.3) is 0 Å². The van der Waals surface area contributed by atoms with Gasteiger partial charge in [-0.2, -0.15) is 0 Å². The average molecular weight is 221 g/mol. The van der Waals surface area contributed by atoms with Crippen LogP contribution in [-0.4, -0.2) is 23.9 Å². The summed E-state index contributed by atoms with van der Waals surface area (Å²) in [5.41, 5.74) is 0.101. The van der Waals surface area contributed by atoms with Crippen molar-refractivity contribution in [3.63, 3.8) is 0 Å². The highest BCUT2D eigenvalue weighted by Gasteiger charge is 2.16. The van der Waals surface area contributed by atoms with Crippen LogP contribution < -0.4 is 4.74 Å². The molecule has 2 N–H and O–H groups in total. The maximum Gasteiger partial charge on any atom is 0.160 e. The first-order chi connectivity index (χ1) is 6.60. The number of rotatable bonds is 3. The van der Waals surface area contributed by atoms with Crippen molar-refractivity contribution in [2.24, 2.45) is 0 Å². The number of aliphatic hydroxyl groups excluding tert-OH is 1. The zero-order valence-electron chi connectivity index (χ0n) is 7.50. The van der Waals surface area contributed by atoms with Crippen molar-refractivity contribution < 1.29 is 19.3 Å². The Bertz CT molecular complexity index is 330. The Balaban J connectivity index is 3.17. The molecule has 3 nitrogen and oxygen atoms in total. The minimum Gasteiger partial charge on any atom is -0.504 e. The zero-order chi connectivity index (χ0) is 10.7. The van der Waals surface area contributed by atoms with Crippen molar-refractivity contribution >= 4 is 11.6 Å². The van der Waals surface area contributed by atoms with Crippen molar-refractivity contribution in [2.75, 3.05) is 13.7 Å². The Morgan fingerprint density at radius 1 is 1.57 bits per heavy atom. The Hall–Kier alpha value is -1.00. The second kappa shape index (κ2) is 4.48. The van der Waals surface area contributed by atoms with E-state index in [4.69, 9.17) is 21.4 Å². The predicted octanol–water partition coefficient (Wildman–Crippen LogP) is 2.06. The summed E-state index contributed by atoms with van der Waals surface area (Å²) < 4.78 is 17.9. The van der Waals surface area contributed by atoms with Gasteiger partial charge < -0.3 is 14.9 Å². The van der Waals surface area contributed by atoms with Crippen molar-refractivity contribution in [3.8, 4) is 11.5 Å². The van der Waals surface area contributed by atoms with Crippen LogP contribution in [0.15, 0.2) is 12.1 Å². The van der Waals surface area contributed by atoms with E-state index in [1.165, 1.54) is 19.2 Å². The first kappa shape index (κ1) is 11.1. The van der Waals surface area contributed by atoms with Crippen LogP contribution in [0.4, 0.5) is 4.39 Å². The van der Waals surface area contributed by atoms with E-state index in [2.05, 4.69) is 0 Å². The van der Waals surface area contributed by atoms with E-state index >= 15 is 0 Å². The van der Waals surface area contributed by atoms with Gasteiger partial charge in [0.15, 0.2) is 11.5 Å². The summed E-state index contributed by atoms with van der Waals surface area (Å²) in [7, 11) is 1.35. The van der Waals surface area contributed by atoms with E-state index in [1.807, 2.05) is 0 Å². The van der Waals surface area contributed by atoms with E-state index in [0.717, 1.165) is 0 Å². The number of alkyl halides is 1. The molecule has 0 aromatic heterocycles. The van der Waals surface area contributed by atoms with Gasteiger partial charge in [-0.15, -0.1) is 0 Å². The maximum atomic E-state index is 13.1. The largest absolute Gasteiger partial charge is 0.504 e. The van der Waals surface area contributed by atoms with Crippen LogP contribution >= 0.6 is 11.6 Å². The molecule has 0 heterocycles.